The van der Waals surface area contributed by atoms with Crippen LogP contribution in [-0.2, 0) is 16.4 Å². The second-order valence-corrected chi connectivity index (χ2v) is 9.32. The minimum Gasteiger partial charge on any atom is -0.459 e. The van der Waals surface area contributed by atoms with E-state index in [1.165, 1.54) is 18.4 Å². The minimum absolute atomic E-state index is 0.131. The molecule has 3 heterocycles. The van der Waals surface area contributed by atoms with Gasteiger partial charge in [-0.3, -0.25) is 9.52 Å². The average Bonchev–Trinajstić information content (AvgIpc) is 3.34. The largest absolute Gasteiger partial charge is 0.459 e. The van der Waals surface area contributed by atoms with Crippen molar-refractivity contribution in [3.8, 4) is 0 Å². The van der Waals surface area contributed by atoms with Crippen molar-refractivity contribution in [1.29, 1.82) is 0 Å². The van der Waals surface area contributed by atoms with Crippen LogP contribution in [0.2, 0.25) is 4.34 Å². The fourth-order valence-electron chi connectivity index (χ4n) is 2.83. The maximum atomic E-state index is 12.6. The predicted octanol–water partition coefficient (Wildman–Crippen LogP) is 4.00. The molecule has 0 fully saturated rings. The molecule has 0 spiro atoms. The number of nitrogens with zero attached hydrogens (tertiary/aromatic N) is 1. The van der Waals surface area contributed by atoms with Crippen molar-refractivity contribution in [2.75, 3.05) is 16.2 Å². The Bertz CT molecular complexity index is 1070. The summed E-state index contributed by atoms with van der Waals surface area (Å²) in [6.45, 7) is 0.519. The van der Waals surface area contributed by atoms with Crippen LogP contribution in [0.3, 0.4) is 0 Å². The van der Waals surface area contributed by atoms with Crippen molar-refractivity contribution in [2.24, 2.45) is 0 Å². The Morgan fingerprint density at radius 2 is 2.08 bits per heavy atom. The molecule has 0 unspecified atom stereocenters. The SMILES string of the molecule is O=C(c1ccco1)N1CCc2ccc(NS(=O)(=O)c3ccc(Cl)s3)cc21. The van der Waals surface area contributed by atoms with Crippen LogP contribution < -0.4 is 9.62 Å². The molecule has 1 aromatic carbocycles. The third-order valence-corrected chi connectivity index (χ3v) is 7.13. The quantitative estimate of drug-likeness (QED) is 0.707. The molecule has 1 amide bonds. The van der Waals surface area contributed by atoms with Gasteiger partial charge in [0.1, 0.15) is 4.21 Å². The lowest BCUT2D eigenvalue weighted by molar-refractivity contribution is 0.0963. The molecule has 0 saturated carbocycles. The Labute approximate surface area is 159 Å². The average molecular weight is 409 g/mol. The minimum atomic E-state index is -3.73. The summed E-state index contributed by atoms with van der Waals surface area (Å²) in [5.74, 6) is -0.00384. The van der Waals surface area contributed by atoms with Crippen molar-refractivity contribution in [3.05, 3.63) is 64.4 Å². The lowest BCUT2D eigenvalue weighted by atomic mass is 10.1. The molecular formula is C17H13ClN2O4S2. The Balaban J connectivity index is 1.63. The number of furan rings is 1. The molecule has 1 N–H and O–H groups in total. The zero-order chi connectivity index (χ0) is 18.3. The van der Waals surface area contributed by atoms with Gasteiger partial charge in [-0.25, -0.2) is 8.42 Å². The molecular weight excluding hydrogens is 396 g/mol. The first-order chi connectivity index (χ1) is 12.4. The molecule has 0 aliphatic carbocycles. The standard InChI is InChI=1S/C17H13ClN2O4S2/c18-15-5-6-16(25-15)26(22,23)19-12-4-3-11-7-8-20(13(11)10-12)17(21)14-2-1-9-24-14/h1-6,9-10,19H,7-8H2. The van der Waals surface area contributed by atoms with Gasteiger partial charge in [-0.15, -0.1) is 11.3 Å². The molecule has 26 heavy (non-hydrogen) atoms. The normalized spacial score (nSPS) is 13.7. The molecule has 1 aliphatic heterocycles. The Morgan fingerprint density at radius 3 is 2.77 bits per heavy atom. The number of carbonyl (C=O) groups excluding carboxylic acids is 1. The van der Waals surface area contributed by atoms with Gasteiger partial charge in [0, 0.05) is 12.2 Å². The van der Waals surface area contributed by atoms with E-state index in [9.17, 15) is 13.2 Å². The van der Waals surface area contributed by atoms with E-state index < -0.39 is 10.0 Å². The molecule has 0 bridgehead atoms. The highest BCUT2D eigenvalue weighted by Gasteiger charge is 2.28. The van der Waals surface area contributed by atoms with E-state index in [0.29, 0.717) is 28.7 Å². The number of carbonyl (C=O) groups is 1. The third-order valence-electron chi connectivity index (χ3n) is 4.02. The highest BCUT2D eigenvalue weighted by molar-refractivity contribution is 7.94. The fraction of sp³-hybridized carbons (Fsp3) is 0.118. The summed E-state index contributed by atoms with van der Waals surface area (Å²) in [7, 11) is -3.73. The van der Waals surface area contributed by atoms with Crippen molar-refractivity contribution in [2.45, 2.75) is 10.6 Å². The highest BCUT2D eigenvalue weighted by Crippen LogP contribution is 2.33. The van der Waals surface area contributed by atoms with Gasteiger partial charge in [0.2, 0.25) is 0 Å². The summed E-state index contributed by atoms with van der Waals surface area (Å²) in [6.07, 6.45) is 2.15. The van der Waals surface area contributed by atoms with Crippen LogP contribution in [-0.4, -0.2) is 20.9 Å². The van der Waals surface area contributed by atoms with Crippen molar-refractivity contribution >= 4 is 50.2 Å². The van der Waals surface area contributed by atoms with Gasteiger partial charge < -0.3 is 9.32 Å². The molecule has 2 aromatic heterocycles. The van der Waals surface area contributed by atoms with Gasteiger partial charge in [0.15, 0.2) is 5.76 Å². The number of anilines is 2. The number of sulfonamides is 1. The molecule has 0 saturated heterocycles. The summed E-state index contributed by atoms with van der Waals surface area (Å²) in [5, 5.41) is 0. The predicted molar refractivity (Wildman–Crippen MR) is 101 cm³/mol. The number of thiophene rings is 1. The number of nitrogens with one attached hydrogen (secondary N) is 1. The Kier molecular flexibility index (Phi) is 4.26. The molecule has 1 aliphatic rings. The van der Waals surface area contributed by atoms with Crippen LogP contribution in [0.25, 0.3) is 0 Å². The molecule has 134 valence electrons. The number of fused-ring (bicyclic) bond motifs is 1. The first kappa shape index (κ1) is 17.1. The van der Waals surface area contributed by atoms with E-state index in [1.807, 2.05) is 6.07 Å². The molecule has 4 rings (SSSR count). The number of hydrogen-bond acceptors (Lipinski definition) is 5. The van der Waals surface area contributed by atoms with Gasteiger partial charge in [-0.1, -0.05) is 17.7 Å². The lowest BCUT2D eigenvalue weighted by Gasteiger charge is -2.17. The Morgan fingerprint density at radius 1 is 1.23 bits per heavy atom. The summed E-state index contributed by atoms with van der Waals surface area (Å²) >= 11 is 6.80. The number of amides is 1. The maximum Gasteiger partial charge on any atom is 0.293 e. The van der Waals surface area contributed by atoms with Gasteiger partial charge in [0.25, 0.3) is 15.9 Å². The molecule has 9 heteroatoms. The topological polar surface area (TPSA) is 79.6 Å². The van der Waals surface area contributed by atoms with Crippen LogP contribution in [0.15, 0.2) is 57.4 Å². The first-order valence-corrected chi connectivity index (χ1v) is 10.4. The highest BCUT2D eigenvalue weighted by atomic mass is 35.5. The van der Waals surface area contributed by atoms with Crippen LogP contribution in [0, 0.1) is 0 Å². The second kappa shape index (κ2) is 6.46. The smallest absolute Gasteiger partial charge is 0.293 e. The lowest BCUT2D eigenvalue weighted by Crippen LogP contribution is -2.28. The summed E-state index contributed by atoms with van der Waals surface area (Å²) in [6, 6.07) is 11.4. The van der Waals surface area contributed by atoms with Crippen LogP contribution >= 0.6 is 22.9 Å². The number of hydrogen-bond donors (Lipinski definition) is 1. The molecule has 0 atom stereocenters. The molecule has 6 nitrogen and oxygen atoms in total. The number of halogens is 1. The van der Waals surface area contributed by atoms with Crippen molar-refractivity contribution in [3.63, 3.8) is 0 Å². The van der Waals surface area contributed by atoms with E-state index in [2.05, 4.69) is 4.72 Å². The third kappa shape index (κ3) is 3.11. The number of benzene rings is 1. The van der Waals surface area contributed by atoms with Gasteiger partial charge >= 0.3 is 0 Å². The van der Waals surface area contributed by atoms with E-state index in [-0.39, 0.29) is 15.9 Å². The van der Waals surface area contributed by atoms with Crippen molar-refractivity contribution in [1.82, 2.24) is 0 Å². The molecule has 3 aromatic rings. The van der Waals surface area contributed by atoms with E-state index >= 15 is 0 Å². The summed E-state index contributed by atoms with van der Waals surface area (Å²) in [5.41, 5.74) is 2.04. The summed E-state index contributed by atoms with van der Waals surface area (Å²) in [4.78, 5) is 14.2. The zero-order valence-electron chi connectivity index (χ0n) is 13.3. The maximum absolute atomic E-state index is 12.6. The van der Waals surface area contributed by atoms with Crippen LogP contribution in [0.4, 0.5) is 11.4 Å². The molecule has 0 radical (unpaired) electrons. The van der Waals surface area contributed by atoms with Crippen LogP contribution in [0.5, 0.6) is 0 Å². The second-order valence-electron chi connectivity index (χ2n) is 5.69. The van der Waals surface area contributed by atoms with Gasteiger partial charge in [-0.05, 0) is 48.4 Å². The van der Waals surface area contributed by atoms with Crippen molar-refractivity contribution < 1.29 is 17.6 Å². The zero-order valence-corrected chi connectivity index (χ0v) is 15.7. The van der Waals surface area contributed by atoms with E-state index in [1.54, 1.807) is 29.2 Å². The summed E-state index contributed by atoms with van der Waals surface area (Å²) < 4.78 is 33.2. The Hall–Kier alpha value is -2.29. The van der Waals surface area contributed by atoms with Gasteiger partial charge in [0.05, 0.1) is 16.3 Å². The van der Waals surface area contributed by atoms with Gasteiger partial charge in [-0.2, -0.15) is 0 Å². The van der Waals surface area contributed by atoms with E-state index in [0.717, 1.165) is 16.9 Å². The fourth-order valence-corrected chi connectivity index (χ4v) is 5.37. The number of rotatable bonds is 4. The first-order valence-electron chi connectivity index (χ1n) is 7.70. The van der Waals surface area contributed by atoms with E-state index in [4.69, 9.17) is 16.0 Å². The monoisotopic (exact) mass is 408 g/mol. The van der Waals surface area contributed by atoms with Crippen LogP contribution in [0.1, 0.15) is 16.1 Å².